The molecule has 112 valence electrons. The number of nitrogens with zero attached hydrogens (tertiary/aromatic N) is 1. The van der Waals surface area contributed by atoms with E-state index in [9.17, 15) is 4.79 Å². The molecule has 20 heavy (non-hydrogen) atoms. The Kier molecular flexibility index (Phi) is 7.30. The summed E-state index contributed by atoms with van der Waals surface area (Å²) in [5.41, 5.74) is 6.29. The number of piperidine rings is 1. The first-order valence-electron chi connectivity index (χ1n) is 6.56. The van der Waals surface area contributed by atoms with Crippen LogP contribution >= 0.6 is 39.9 Å². The largest absolute Gasteiger partial charge is 0.338 e. The molecule has 1 aromatic carbocycles. The quantitative estimate of drug-likeness (QED) is 0.866. The van der Waals surface area contributed by atoms with Crippen molar-refractivity contribution < 1.29 is 4.79 Å². The van der Waals surface area contributed by atoms with Crippen LogP contribution in [-0.4, -0.2) is 30.4 Å². The van der Waals surface area contributed by atoms with Crippen LogP contribution in [0.2, 0.25) is 5.02 Å². The third-order valence-corrected chi connectivity index (χ3v) is 4.76. The molecule has 1 aliphatic heterocycles. The summed E-state index contributed by atoms with van der Waals surface area (Å²) in [6, 6.07) is 5.32. The first-order chi connectivity index (χ1) is 9.11. The lowest BCUT2D eigenvalue weighted by Gasteiger charge is -2.32. The Morgan fingerprint density at radius 3 is 2.90 bits per heavy atom. The summed E-state index contributed by atoms with van der Waals surface area (Å²) in [5, 5.41) is 0.621. The number of rotatable bonds is 3. The summed E-state index contributed by atoms with van der Waals surface area (Å²) >= 11 is 9.31. The van der Waals surface area contributed by atoms with E-state index < -0.39 is 0 Å². The van der Waals surface area contributed by atoms with Gasteiger partial charge in [0.05, 0.1) is 5.02 Å². The Bertz CT molecular complexity index is 468. The number of carbonyl (C=O) groups excluding carboxylic acids is 1. The fourth-order valence-electron chi connectivity index (χ4n) is 2.53. The maximum atomic E-state index is 12.4. The highest BCUT2D eigenvalue weighted by molar-refractivity contribution is 9.10. The summed E-state index contributed by atoms with van der Waals surface area (Å²) in [6.07, 6.45) is 3.23. The summed E-state index contributed by atoms with van der Waals surface area (Å²) in [5.74, 6) is 0.623. The summed E-state index contributed by atoms with van der Waals surface area (Å²) in [7, 11) is 0. The lowest BCUT2D eigenvalue weighted by atomic mass is 9.94. The highest BCUT2D eigenvalue weighted by atomic mass is 79.9. The van der Waals surface area contributed by atoms with Gasteiger partial charge in [0, 0.05) is 23.1 Å². The minimum atomic E-state index is 0. The lowest BCUT2D eigenvalue weighted by Crippen LogP contribution is -2.40. The number of likely N-dealkylation sites (tertiary alicyclic amines) is 1. The average Bonchev–Trinajstić information content (AvgIpc) is 2.42. The highest BCUT2D eigenvalue weighted by Gasteiger charge is 2.24. The Labute approximate surface area is 139 Å². The molecule has 1 unspecified atom stereocenters. The van der Waals surface area contributed by atoms with Crippen LogP contribution in [0.15, 0.2) is 22.7 Å². The molecule has 1 atom stereocenters. The average molecular weight is 382 g/mol. The van der Waals surface area contributed by atoms with Gasteiger partial charge in [0.2, 0.25) is 0 Å². The van der Waals surface area contributed by atoms with E-state index in [1.54, 1.807) is 18.2 Å². The van der Waals surface area contributed by atoms with E-state index >= 15 is 0 Å². The molecule has 2 N–H and O–H groups in total. The molecule has 6 heteroatoms. The molecule has 3 nitrogen and oxygen atoms in total. The fraction of sp³-hybridized carbons (Fsp3) is 0.500. The van der Waals surface area contributed by atoms with E-state index in [1.165, 1.54) is 6.42 Å². The van der Waals surface area contributed by atoms with Gasteiger partial charge in [0.1, 0.15) is 0 Å². The van der Waals surface area contributed by atoms with Crippen LogP contribution in [0.4, 0.5) is 0 Å². The Morgan fingerprint density at radius 1 is 1.50 bits per heavy atom. The van der Waals surface area contributed by atoms with Crippen molar-refractivity contribution in [3.05, 3.63) is 33.3 Å². The van der Waals surface area contributed by atoms with E-state index in [0.29, 0.717) is 23.0 Å². The van der Waals surface area contributed by atoms with Crippen LogP contribution in [0.1, 0.15) is 29.6 Å². The monoisotopic (exact) mass is 380 g/mol. The summed E-state index contributed by atoms with van der Waals surface area (Å²) < 4.78 is 0.760. The van der Waals surface area contributed by atoms with Crippen molar-refractivity contribution in [1.29, 1.82) is 0 Å². The van der Waals surface area contributed by atoms with Crippen molar-refractivity contribution in [3.63, 3.8) is 0 Å². The number of nitrogens with two attached hydrogens (primary N) is 1. The zero-order valence-corrected chi connectivity index (χ0v) is 14.3. The topological polar surface area (TPSA) is 46.3 Å². The van der Waals surface area contributed by atoms with Gasteiger partial charge in [-0.05, 0) is 65.9 Å². The Hall–Kier alpha value is -0.290. The maximum absolute atomic E-state index is 12.4. The van der Waals surface area contributed by atoms with Crippen molar-refractivity contribution >= 4 is 45.8 Å². The third-order valence-electron chi connectivity index (χ3n) is 3.55. The van der Waals surface area contributed by atoms with E-state index in [-0.39, 0.29) is 18.3 Å². The zero-order chi connectivity index (χ0) is 13.8. The van der Waals surface area contributed by atoms with Crippen molar-refractivity contribution in [3.8, 4) is 0 Å². The number of halogens is 3. The number of hydrogen-bond donors (Lipinski definition) is 1. The molecular formula is C14H19BrCl2N2O. The SMILES string of the molecule is Cl.NCCC1CCCN(C(=O)c2ccc(Cl)c(Br)c2)C1. The van der Waals surface area contributed by atoms with Crippen molar-refractivity contribution in [2.75, 3.05) is 19.6 Å². The van der Waals surface area contributed by atoms with Crippen LogP contribution in [0.3, 0.4) is 0 Å². The predicted octanol–water partition coefficient (Wildman–Crippen LogP) is 3.73. The number of benzene rings is 1. The molecule has 0 aliphatic carbocycles. The molecule has 1 aromatic rings. The lowest BCUT2D eigenvalue weighted by molar-refractivity contribution is 0.0669. The highest BCUT2D eigenvalue weighted by Crippen LogP contribution is 2.25. The van der Waals surface area contributed by atoms with Gasteiger partial charge in [-0.2, -0.15) is 0 Å². The molecule has 0 saturated carbocycles. The van der Waals surface area contributed by atoms with Gasteiger partial charge in [0.15, 0.2) is 0 Å². The molecule has 0 radical (unpaired) electrons. The molecule has 0 bridgehead atoms. The normalized spacial score (nSPS) is 18.6. The van der Waals surface area contributed by atoms with Crippen molar-refractivity contribution in [1.82, 2.24) is 4.90 Å². The van der Waals surface area contributed by atoms with Gasteiger partial charge in [0.25, 0.3) is 5.91 Å². The van der Waals surface area contributed by atoms with Gasteiger partial charge in [-0.3, -0.25) is 4.79 Å². The molecule has 1 aliphatic rings. The van der Waals surface area contributed by atoms with E-state index in [2.05, 4.69) is 15.9 Å². The molecule has 1 fully saturated rings. The maximum Gasteiger partial charge on any atom is 0.253 e. The number of carbonyl (C=O) groups is 1. The number of hydrogen-bond acceptors (Lipinski definition) is 2. The van der Waals surface area contributed by atoms with Crippen LogP contribution < -0.4 is 5.73 Å². The fourth-order valence-corrected chi connectivity index (χ4v) is 3.03. The van der Waals surface area contributed by atoms with Crippen LogP contribution in [0.25, 0.3) is 0 Å². The van der Waals surface area contributed by atoms with Gasteiger partial charge >= 0.3 is 0 Å². The van der Waals surface area contributed by atoms with Crippen LogP contribution in [-0.2, 0) is 0 Å². The van der Waals surface area contributed by atoms with E-state index in [4.69, 9.17) is 17.3 Å². The molecule has 1 heterocycles. The molecule has 0 spiro atoms. The van der Waals surface area contributed by atoms with E-state index in [0.717, 1.165) is 30.4 Å². The second kappa shape index (κ2) is 8.23. The van der Waals surface area contributed by atoms with Crippen LogP contribution in [0, 0.1) is 5.92 Å². The van der Waals surface area contributed by atoms with E-state index in [1.807, 2.05) is 4.90 Å². The molecule has 1 amide bonds. The predicted molar refractivity (Wildman–Crippen MR) is 88.7 cm³/mol. The minimum absolute atomic E-state index is 0. The van der Waals surface area contributed by atoms with Gasteiger partial charge in [-0.1, -0.05) is 11.6 Å². The molecular weight excluding hydrogens is 363 g/mol. The summed E-state index contributed by atoms with van der Waals surface area (Å²) in [4.78, 5) is 14.4. The van der Waals surface area contributed by atoms with Crippen LogP contribution in [0.5, 0.6) is 0 Å². The minimum Gasteiger partial charge on any atom is -0.338 e. The Balaban J connectivity index is 0.00000200. The Morgan fingerprint density at radius 2 is 2.25 bits per heavy atom. The standard InChI is InChI=1S/C14H18BrClN2O.ClH/c15-12-8-11(3-4-13(12)16)14(19)18-7-1-2-10(9-18)5-6-17;/h3-4,8,10H,1-2,5-7,9,17H2;1H. The summed E-state index contributed by atoms with van der Waals surface area (Å²) in [6.45, 7) is 2.34. The molecule has 1 saturated heterocycles. The van der Waals surface area contributed by atoms with Gasteiger partial charge in [-0.15, -0.1) is 12.4 Å². The van der Waals surface area contributed by atoms with Crippen molar-refractivity contribution in [2.45, 2.75) is 19.3 Å². The van der Waals surface area contributed by atoms with Crippen molar-refractivity contribution in [2.24, 2.45) is 11.7 Å². The first-order valence-corrected chi connectivity index (χ1v) is 7.73. The molecule has 0 aromatic heterocycles. The van der Waals surface area contributed by atoms with Gasteiger partial charge < -0.3 is 10.6 Å². The zero-order valence-electron chi connectivity index (χ0n) is 11.1. The second-order valence-electron chi connectivity index (χ2n) is 4.97. The number of amides is 1. The first kappa shape index (κ1) is 17.8. The molecule has 2 rings (SSSR count). The van der Waals surface area contributed by atoms with Gasteiger partial charge in [-0.25, -0.2) is 0 Å². The second-order valence-corrected chi connectivity index (χ2v) is 6.23. The third kappa shape index (κ3) is 4.35. The smallest absolute Gasteiger partial charge is 0.253 e.